The van der Waals surface area contributed by atoms with Crippen LogP contribution >= 0.6 is 15.9 Å². The third-order valence-electron chi connectivity index (χ3n) is 3.92. The number of benzene rings is 2. The maximum absolute atomic E-state index is 12.2. The minimum absolute atomic E-state index is 0.0319. The standard InChI is InChI=1S/C21H24BrN3O4/c1-13-5-8-19(28-4)18(9-13)23-20(26)11-15(3)24-25-21(27)12-29-16-6-7-17(22)14(2)10-16/h5-10H,11-12H2,1-4H3,(H,23,26)(H,25,27). The van der Waals surface area contributed by atoms with Gasteiger partial charge < -0.3 is 14.8 Å². The molecule has 0 aliphatic rings. The van der Waals surface area contributed by atoms with Gasteiger partial charge in [0.2, 0.25) is 5.91 Å². The number of carbonyl (C=O) groups is 2. The molecule has 0 saturated carbocycles. The Morgan fingerprint density at radius 2 is 1.86 bits per heavy atom. The van der Waals surface area contributed by atoms with Crippen molar-refractivity contribution in [2.45, 2.75) is 27.2 Å². The fourth-order valence-corrected chi connectivity index (χ4v) is 2.68. The van der Waals surface area contributed by atoms with Gasteiger partial charge in [0.05, 0.1) is 19.2 Å². The Kier molecular flexibility index (Phi) is 8.21. The van der Waals surface area contributed by atoms with Crippen molar-refractivity contribution in [3.05, 3.63) is 52.0 Å². The van der Waals surface area contributed by atoms with Gasteiger partial charge in [0.15, 0.2) is 6.61 Å². The van der Waals surface area contributed by atoms with Crippen molar-refractivity contribution in [3.8, 4) is 11.5 Å². The molecule has 2 aromatic rings. The summed E-state index contributed by atoms with van der Waals surface area (Å²) in [5, 5.41) is 6.74. The van der Waals surface area contributed by atoms with Crippen LogP contribution in [0, 0.1) is 13.8 Å². The normalized spacial score (nSPS) is 11.0. The van der Waals surface area contributed by atoms with Crippen molar-refractivity contribution in [2.75, 3.05) is 19.0 Å². The van der Waals surface area contributed by atoms with Crippen molar-refractivity contribution in [2.24, 2.45) is 5.10 Å². The van der Waals surface area contributed by atoms with Gasteiger partial charge in [0.1, 0.15) is 11.5 Å². The summed E-state index contributed by atoms with van der Waals surface area (Å²) in [7, 11) is 1.54. The molecule has 0 aliphatic carbocycles. The van der Waals surface area contributed by atoms with Crippen LogP contribution in [-0.4, -0.2) is 31.2 Å². The molecule has 7 nitrogen and oxygen atoms in total. The molecule has 154 valence electrons. The lowest BCUT2D eigenvalue weighted by atomic mass is 10.2. The van der Waals surface area contributed by atoms with Crippen molar-refractivity contribution in [1.29, 1.82) is 0 Å². The van der Waals surface area contributed by atoms with Gasteiger partial charge in [-0.05, 0) is 62.2 Å². The second kappa shape index (κ2) is 10.6. The molecule has 0 saturated heterocycles. The van der Waals surface area contributed by atoms with Gasteiger partial charge >= 0.3 is 0 Å². The van der Waals surface area contributed by atoms with E-state index in [2.05, 4.69) is 31.8 Å². The first-order valence-corrected chi connectivity index (χ1v) is 9.73. The van der Waals surface area contributed by atoms with Crippen LogP contribution in [0.4, 0.5) is 5.69 Å². The van der Waals surface area contributed by atoms with Crippen LogP contribution in [0.3, 0.4) is 0 Å². The van der Waals surface area contributed by atoms with Crippen LogP contribution in [0.15, 0.2) is 46.0 Å². The minimum atomic E-state index is -0.411. The average molecular weight is 462 g/mol. The molecule has 0 bridgehead atoms. The molecule has 0 heterocycles. The number of hydrazone groups is 1. The molecule has 0 radical (unpaired) electrons. The zero-order valence-electron chi connectivity index (χ0n) is 16.8. The number of nitrogens with zero attached hydrogens (tertiary/aromatic N) is 1. The summed E-state index contributed by atoms with van der Waals surface area (Å²) in [6.45, 7) is 5.34. The van der Waals surface area contributed by atoms with E-state index < -0.39 is 5.91 Å². The zero-order chi connectivity index (χ0) is 21.4. The highest BCUT2D eigenvalue weighted by atomic mass is 79.9. The van der Waals surface area contributed by atoms with E-state index in [-0.39, 0.29) is 18.9 Å². The summed E-state index contributed by atoms with van der Waals surface area (Å²) in [6.07, 6.45) is 0.0319. The Morgan fingerprint density at radius 1 is 1.10 bits per heavy atom. The summed E-state index contributed by atoms with van der Waals surface area (Å²) in [5.41, 5.74) is 5.45. The van der Waals surface area contributed by atoms with Crippen molar-refractivity contribution in [3.63, 3.8) is 0 Å². The van der Waals surface area contributed by atoms with E-state index in [4.69, 9.17) is 9.47 Å². The van der Waals surface area contributed by atoms with E-state index in [9.17, 15) is 9.59 Å². The van der Waals surface area contributed by atoms with E-state index in [1.54, 1.807) is 26.2 Å². The predicted octanol–water partition coefficient (Wildman–Crippen LogP) is 3.97. The number of nitrogens with one attached hydrogen (secondary N) is 2. The minimum Gasteiger partial charge on any atom is -0.495 e. The average Bonchev–Trinajstić information content (AvgIpc) is 2.67. The molecule has 0 fully saturated rings. The lowest BCUT2D eigenvalue weighted by molar-refractivity contribution is -0.123. The monoisotopic (exact) mass is 461 g/mol. The van der Waals surface area contributed by atoms with Gasteiger partial charge in [-0.2, -0.15) is 5.10 Å². The molecule has 29 heavy (non-hydrogen) atoms. The molecule has 0 aliphatic heterocycles. The molecule has 2 amide bonds. The van der Waals surface area contributed by atoms with Crippen molar-refractivity contribution < 1.29 is 19.1 Å². The molecule has 0 atom stereocenters. The van der Waals surface area contributed by atoms with Crippen LogP contribution in [0.25, 0.3) is 0 Å². The fourth-order valence-electron chi connectivity index (χ4n) is 2.43. The number of aryl methyl sites for hydroxylation is 2. The number of amides is 2. The molecular formula is C21H24BrN3O4. The van der Waals surface area contributed by atoms with Gasteiger partial charge in [0, 0.05) is 10.2 Å². The highest BCUT2D eigenvalue weighted by molar-refractivity contribution is 9.10. The molecule has 2 N–H and O–H groups in total. The Balaban J connectivity index is 1.83. The van der Waals surface area contributed by atoms with Gasteiger partial charge in [-0.3, -0.25) is 9.59 Å². The van der Waals surface area contributed by atoms with Crippen LogP contribution < -0.4 is 20.2 Å². The maximum Gasteiger partial charge on any atom is 0.277 e. The topological polar surface area (TPSA) is 89.0 Å². The second-order valence-electron chi connectivity index (χ2n) is 6.51. The number of anilines is 1. The number of rotatable bonds is 8. The highest BCUT2D eigenvalue weighted by Crippen LogP contribution is 2.25. The first-order valence-electron chi connectivity index (χ1n) is 8.94. The molecular weight excluding hydrogens is 438 g/mol. The third-order valence-corrected chi connectivity index (χ3v) is 4.81. The highest BCUT2D eigenvalue weighted by Gasteiger charge is 2.10. The van der Waals surface area contributed by atoms with E-state index in [1.165, 1.54) is 0 Å². The number of methoxy groups -OCH3 is 1. The van der Waals surface area contributed by atoms with Crippen LogP contribution in [0.2, 0.25) is 0 Å². The predicted molar refractivity (Wildman–Crippen MR) is 117 cm³/mol. The van der Waals surface area contributed by atoms with Gasteiger partial charge in [-0.15, -0.1) is 0 Å². The fraction of sp³-hybridized carbons (Fsp3) is 0.286. The molecule has 2 aromatic carbocycles. The Morgan fingerprint density at radius 3 is 2.55 bits per heavy atom. The van der Waals surface area contributed by atoms with Crippen LogP contribution in [0.1, 0.15) is 24.5 Å². The first-order chi connectivity index (χ1) is 13.8. The summed E-state index contributed by atoms with van der Waals surface area (Å²) in [5.74, 6) is 0.497. The number of hydrogen-bond acceptors (Lipinski definition) is 5. The Bertz CT molecular complexity index is 928. The van der Waals surface area contributed by atoms with Gasteiger partial charge in [0.25, 0.3) is 5.91 Å². The number of ether oxygens (including phenoxy) is 2. The SMILES string of the molecule is COc1ccc(C)cc1NC(=O)CC(C)=NNC(=O)COc1ccc(Br)c(C)c1. The molecule has 0 spiro atoms. The number of hydrogen-bond donors (Lipinski definition) is 2. The largest absolute Gasteiger partial charge is 0.495 e. The lowest BCUT2D eigenvalue weighted by Gasteiger charge is -2.11. The summed E-state index contributed by atoms with van der Waals surface area (Å²) in [6, 6.07) is 11.0. The van der Waals surface area contributed by atoms with Crippen LogP contribution in [0.5, 0.6) is 11.5 Å². The van der Waals surface area contributed by atoms with E-state index in [1.807, 2.05) is 38.1 Å². The molecule has 2 rings (SSSR count). The Labute approximate surface area is 178 Å². The van der Waals surface area contributed by atoms with Crippen molar-refractivity contribution in [1.82, 2.24) is 5.43 Å². The smallest absolute Gasteiger partial charge is 0.277 e. The first kappa shape index (κ1) is 22.4. The molecule has 0 aromatic heterocycles. The quantitative estimate of drug-likeness (QED) is 0.459. The molecule has 8 heteroatoms. The summed E-state index contributed by atoms with van der Waals surface area (Å²) < 4.78 is 11.6. The third kappa shape index (κ3) is 7.23. The van der Waals surface area contributed by atoms with E-state index in [0.29, 0.717) is 22.9 Å². The van der Waals surface area contributed by atoms with Crippen molar-refractivity contribution >= 4 is 39.1 Å². The second-order valence-corrected chi connectivity index (χ2v) is 7.36. The number of halogens is 1. The van der Waals surface area contributed by atoms with Crippen LogP contribution in [-0.2, 0) is 9.59 Å². The van der Waals surface area contributed by atoms with Gasteiger partial charge in [-0.1, -0.05) is 22.0 Å². The van der Waals surface area contributed by atoms with E-state index in [0.717, 1.165) is 15.6 Å². The van der Waals surface area contributed by atoms with Gasteiger partial charge in [-0.25, -0.2) is 5.43 Å². The molecule has 0 unspecified atom stereocenters. The zero-order valence-corrected chi connectivity index (χ0v) is 18.4. The van der Waals surface area contributed by atoms with E-state index >= 15 is 0 Å². The number of carbonyl (C=O) groups excluding carboxylic acids is 2. The Hall–Kier alpha value is -2.87. The summed E-state index contributed by atoms with van der Waals surface area (Å²) in [4.78, 5) is 24.1. The summed E-state index contributed by atoms with van der Waals surface area (Å²) >= 11 is 3.41. The lowest BCUT2D eigenvalue weighted by Crippen LogP contribution is -2.26. The maximum atomic E-state index is 12.2.